The Bertz CT molecular complexity index is 3070. The molecular weight excluding hydrogens is 1060 g/mol. The largest absolute Gasteiger partial charge is 0.491 e. The van der Waals surface area contributed by atoms with Crippen LogP contribution < -0.4 is 25.2 Å². The maximum Gasteiger partial charge on any atom is 0.420 e. The van der Waals surface area contributed by atoms with Crippen LogP contribution in [0.2, 0.25) is 0 Å². The number of rotatable bonds is 18. The van der Waals surface area contributed by atoms with E-state index in [1.54, 1.807) is 16.8 Å². The summed E-state index contributed by atoms with van der Waals surface area (Å²) in [6, 6.07) is 15.0. The van der Waals surface area contributed by atoms with E-state index in [1.165, 1.54) is 49.1 Å². The first kappa shape index (κ1) is 57.6. The molecule has 0 spiro atoms. The number of nitriles is 1. The predicted molar refractivity (Wildman–Crippen MR) is 275 cm³/mol. The van der Waals surface area contributed by atoms with Gasteiger partial charge in [-0.15, -0.1) is 11.3 Å². The number of halogens is 7. The molecule has 0 aliphatic carbocycles. The van der Waals surface area contributed by atoms with E-state index in [0.717, 1.165) is 38.9 Å². The molecule has 2 aliphatic rings. The van der Waals surface area contributed by atoms with Crippen molar-refractivity contribution in [3.63, 3.8) is 0 Å². The third-order valence-corrected chi connectivity index (χ3v) is 14.1. The number of nitrogens with zero attached hydrogens (tertiary/aromatic N) is 6. The summed E-state index contributed by atoms with van der Waals surface area (Å²) in [5, 5.41) is 14.3. The fraction of sp³-hybridized carbons (Fsp3) is 0.396. The monoisotopic (exact) mass is 1110 g/mol. The van der Waals surface area contributed by atoms with Gasteiger partial charge in [0, 0.05) is 18.7 Å². The molecular formula is C53H53F7N8O7S2. The first-order valence-corrected chi connectivity index (χ1v) is 25.3. The molecule has 2 aliphatic heterocycles. The van der Waals surface area contributed by atoms with Crippen LogP contribution in [0, 0.1) is 29.5 Å². The van der Waals surface area contributed by atoms with Crippen LogP contribution in [0.15, 0.2) is 78.4 Å². The Morgan fingerprint density at radius 1 is 0.922 bits per heavy atom. The summed E-state index contributed by atoms with van der Waals surface area (Å²) < 4.78 is 118. The van der Waals surface area contributed by atoms with Crippen molar-refractivity contribution in [3.05, 3.63) is 112 Å². The van der Waals surface area contributed by atoms with Gasteiger partial charge in [0.15, 0.2) is 10.9 Å². The molecule has 3 aromatic carbocycles. The van der Waals surface area contributed by atoms with Gasteiger partial charge in [0.2, 0.25) is 17.7 Å². The first-order valence-electron chi connectivity index (χ1n) is 24.1. The van der Waals surface area contributed by atoms with Crippen molar-refractivity contribution in [2.45, 2.75) is 90.9 Å². The smallest absolute Gasteiger partial charge is 0.420 e. The molecule has 5 aromatic rings. The zero-order valence-corrected chi connectivity index (χ0v) is 44.2. The Hall–Kier alpha value is -7.07. The number of thiazole rings is 1. The van der Waals surface area contributed by atoms with E-state index in [0.29, 0.717) is 36.4 Å². The fourth-order valence-electron chi connectivity index (χ4n) is 8.86. The lowest BCUT2D eigenvalue weighted by molar-refractivity contribution is -0.144. The molecule has 0 saturated carbocycles. The number of benzene rings is 3. The zero-order chi connectivity index (χ0) is 56.2. The van der Waals surface area contributed by atoms with Crippen LogP contribution in [0.25, 0.3) is 21.7 Å². The molecule has 7 rings (SSSR count). The normalized spacial score (nSPS) is 16.2. The Labute approximate surface area is 448 Å². The maximum atomic E-state index is 15.5. The number of hydrogen-bond donors (Lipinski definition) is 2. The average Bonchev–Trinajstić information content (AvgIpc) is 4.13. The number of nitrogens with one attached hydrogen (secondary N) is 2. The van der Waals surface area contributed by atoms with E-state index in [-0.39, 0.29) is 68.4 Å². The topological polar surface area (TPSA) is 179 Å². The molecule has 4 heterocycles. The lowest BCUT2D eigenvalue weighted by Crippen LogP contribution is -2.58. The molecule has 15 nitrogen and oxygen atoms in total. The van der Waals surface area contributed by atoms with Crippen LogP contribution in [-0.2, 0) is 47.5 Å². The number of likely N-dealkylation sites (tertiary alicyclic amines) is 1. The first-order chi connectivity index (χ1) is 36.2. The van der Waals surface area contributed by atoms with Gasteiger partial charge in [0.25, 0.3) is 5.91 Å². The van der Waals surface area contributed by atoms with Gasteiger partial charge in [-0.3, -0.25) is 29.1 Å². The third kappa shape index (κ3) is 12.9. The lowest BCUT2D eigenvalue weighted by atomic mass is 9.85. The maximum absolute atomic E-state index is 15.5. The second-order valence-electron chi connectivity index (χ2n) is 19.6. The molecule has 2 unspecified atom stereocenters. The van der Waals surface area contributed by atoms with Crippen molar-refractivity contribution >= 4 is 63.7 Å². The third-order valence-electron chi connectivity index (χ3n) is 12.8. The number of alkyl halides is 6. The zero-order valence-electron chi connectivity index (χ0n) is 42.5. The summed E-state index contributed by atoms with van der Waals surface area (Å²) in [4.78, 5) is 66.4. The SMILES string of the molecule is Cc1ncsc1-c1ccc(CNC(=O)C2CCCN2C(=O)C(NC(=O)COCCOCCOc2ccc(-c3ncc(N4C(=S)N(c5ccc(C#N)c(C(F)(F)F)c5F)C(=O)C4(C)C)cc3C(F)(F)F)cc2)C(C)(C)C)cc1. The Morgan fingerprint density at radius 2 is 1.58 bits per heavy atom. The van der Waals surface area contributed by atoms with Crippen LogP contribution in [-0.4, -0.2) is 101 Å². The second-order valence-corrected chi connectivity index (χ2v) is 20.8. The second kappa shape index (κ2) is 23.3. The minimum atomic E-state index is -5.33. The highest BCUT2D eigenvalue weighted by Crippen LogP contribution is 2.44. The summed E-state index contributed by atoms with van der Waals surface area (Å²) in [6.45, 7) is 10.3. The number of ether oxygens (including phenoxy) is 3. The summed E-state index contributed by atoms with van der Waals surface area (Å²) >= 11 is 6.94. The molecule has 0 bridgehead atoms. The van der Waals surface area contributed by atoms with Crippen LogP contribution in [0.4, 0.5) is 42.1 Å². The molecule has 2 aromatic heterocycles. The molecule has 24 heteroatoms. The number of pyridine rings is 1. The number of anilines is 2. The number of hydrogen-bond acceptors (Lipinski definition) is 12. The minimum absolute atomic E-state index is 0.0135. The average molecular weight is 1110 g/mol. The Morgan fingerprint density at radius 3 is 2.21 bits per heavy atom. The van der Waals surface area contributed by atoms with Gasteiger partial charge in [0.05, 0.1) is 76.4 Å². The van der Waals surface area contributed by atoms with Gasteiger partial charge in [-0.05, 0) is 105 Å². The lowest BCUT2D eigenvalue weighted by Gasteiger charge is -2.35. The highest BCUT2D eigenvalue weighted by atomic mass is 32.1. The number of thiocarbonyl (C=S) groups is 1. The fourth-order valence-corrected chi connectivity index (χ4v) is 10.2. The van der Waals surface area contributed by atoms with Gasteiger partial charge >= 0.3 is 12.4 Å². The van der Waals surface area contributed by atoms with Crippen molar-refractivity contribution in [1.82, 2.24) is 25.5 Å². The van der Waals surface area contributed by atoms with E-state index >= 15 is 4.39 Å². The summed E-state index contributed by atoms with van der Waals surface area (Å²) in [5.74, 6) is -3.93. The molecule has 2 saturated heterocycles. The summed E-state index contributed by atoms with van der Waals surface area (Å²) in [6.07, 6.45) is -8.24. The van der Waals surface area contributed by atoms with Gasteiger partial charge in [-0.2, -0.15) is 31.6 Å². The number of carbonyl (C=O) groups excluding carboxylic acids is 4. The highest BCUT2D eigenvalue weighted by Gasteiger charge is 2.53. The Balaban J connectivity index is 0.869. The number of amides is 4. The molecule has 408 valence electrons. The quantitative estimate of drug-likeness (QED) is 0.0483. The van der Waals surface area contributed by atoms with Crippen LogP contribution in [0.5, 0.6) is 5.75 Å². The van der Waals surface area contributed by atoms with Crippen molar-refractivity contribution < 1.29 is 64.1 Å². The molecule has 0 radical (unpaired) electrons. The van der Waals surface area contributed by atoms with Crippen LogP contribution >= 0.6 is 23.6 Å². The summed E-state index contributed by atoms with van der Waals surface area (Å²) in [5.41, 5.74) is -3.89. The highest BCUT2D eigenvalue weighted by molar-refractivity contribution is 7.81. The van der Waals surface area contributed by atoms with Crippen LogP contribution in [0.3, 0.4) is 0 Å². The molecule has 77 heavy (non-hydrogen) atoms. The van der Waals surface area contributed by atoms with Crippen molar-refractivity contribution in [3.8, 4) is 33.5 Å². The van der Waals surface area contributed by atoms with Gasteiger partial charge < -0.3 is 34.6 Å². The number of aryl methyl sites for hydroxylation is 1. The van der Waals surface area contributed by atoms with E-state index < -0.39 is 86.2 Å². The summed E-state index contributed by atoms with van der Waals surface area (Å²) in [7, 11) is 0. The van der Waals surface area contributed by atoms with Gasteiger partial charge in [-0.1, -0.05) is 45.0 Å². The van der Waals surface area contributed by atoms with Crippen LogP contribution in [0.1, 0.15) is 75.4 Å². The number of carbonyl (C=O) groups is 4. The predicted octanol–water partition coefficient (Wildman–Crippen LogP) is 9.40. The van der Waals surface area contributed by atoms with E-state index in [9.17, 15) is 50.8 Å². The Kier molecular flexibility index (Phi) is 17.4. The van der Waals surface area contributed by atoms with E-state index in [1.807, 2.05) is 52.0 Å². The van der Waals surface area contributed by atoms with Gasteiger partial charge in [0.1, 0.15) is 42.1 Å². The van der Waals surface area contributed by atoms with Gasteiger partial charge in [-0.25, -0.2) is 9.37 Å². The molecule has 2 fully saturated rings. The van der Waals surface area contributed by atoms with Crippen molar-refractivity contribution in [2.75, 3.05) is 49.4 Å². The number of aromatic nitrogens is 2. The van der Waals surface area contributed by atoms with E-state index in [4.69, 9.17) is 26.4 Å². The van der Waals surface area contributed by atoms with E-state index in [2.05, 4.69) is 20.6 Å². The molecule has 2 atom stereocenters. The molecule has 2 N–H and O–H groups in total. The minimum Gasteiger partial charge on any atom is -0.491 e. The van der Waals surface area contributed by atoms with Crippen molar-refractivity contribution in [2.24, 2.45) is 5.41 Å². The standard InChI is InChI=1S/C53H53F7N8O7S2/c1-30-44(77-29-64-30)33-11-9-31(10-12-33)26-63-46(70)39-8-7-19-66(39)47(71)45(50(2,3)4)65-40(69)28-74-21-20-73-22-23-75-36-16-13-32(14-17-36)43-37(52(55,56)57)24-35(27-62-43)68-49(76)67(48(72)51(68,5)6)38-18-15-34(25-61)41(42(38)54)53(58,59)60/h9-18,24,27,29,39,45H,7-8,19-23,26,28H2,1-6H3,(H,63,70)(H,65,69). The van der Waals surface area contributed by atoms with Crippen molar-refractivity contribution in [1.29, 1.82) is 5.26 Å². The molecule has 4 amide bonds.